The van der Waals surface area contributed by atoms with Crippen LogP contribution in [0.1, 0.15) is 32.6 Å². The van der Waals surface area contributed by atoms with Gasteiger partial charge in [0.1, 0.15) is 6.54 Å². The lowest BCUT2D eigenvalue weighted by Crippen LogP contribution is -2.48. The molecule has 1 aliphatic rings. The lowest BCUT2D eigenvalue weighted by molar-refractivity contribution is -0.120. The summed E-state index contributed by atoms with van der Waals surface area (Å²) in [6.07, 6.45) is 5.60. The summed E-state index contributed by atoms with van der Waals surface area (Å²) < 4.78 is 1.20. The van der Waals surface area contributed by atoms with E-state index in [1.807, 2.05) is 0 Å². The molecule has 2 aromatic rings. The number of para-hydroxylation sites is 1. The number of fused-ring (bicyclic) bond motifs is 1. The Morgan fingerprint density at radius 3 is 2.80 bits per heavy atom. The molecule has 1 aromatic heterocycles. The summed E-state index contributed by atoms with van der Waals surface area (Å²) >= 11 is 0. The fourth-order valence-electron chi connectivity index (χ4n) is 3.27. The molecule has 2 N–H and O–H groups in total. The molecular formula is C18H22N4O3. The summed E-state index contributed by atoms with van der Waals surface area (Å²) in [6.45, 7) is 1.86. The van der Waals surface area contributed by atoms with Gasteiger partial charge in [-0.15, -0.1) is 0 Å². The van der Waals surface area contributed by atoms with Crippen LogP contribution in [0.3, 0.4) is 0 Å². The zero-order chi connectivity index (χ0) is 17.8. The van der Waals surface area contributed by atoms with Gasteiger partial charge in [-0.3, -0.25) is 19.5 Å². The van der Waals surface area contributed by atoms with Crippen molar-refractivity contribution < 1.29 is 9.59 Å². The van der Waals surface area contributed by atoms with Crippen LogP contribution in [-0.2, 0) is 11.3 Å². The number of hydrogen-bond donors (Lipinski definition) is 2. The molecule has 25 heavy (non-hydrogen) atoms. The van der Waals surface area contributed by atoms with Crippen molar-refractivity contribution in [2.75, 3.05) is 0 Å². The van der Waals surface area contributed by atoms with Crippen molar-refractivity contribution >= 4 is 22.8 Å². The summed E-state index contributed by atoms with van der Waals surface area (Å²) in [5.41, 5.74) is 0.273. The van der Waals surface area contributed by atoms with E-state index in [4.69, 9.17) is 0 Å². The summed E-state index contributed by atoms with van der Waals surface area (Å²) in [7, 11) is 0. The number of imide groups is 1. The molecule has 2 unspecified atom stereocenters. The van der Waals surface area contributed by atoms with E-state index in [1.165, 1.54) is 17.3 Å². The van der Waals surface area contributed by atoms with Crippen molar-refractivity contribution in [3.05, 3.63) is 40.9 Å². The molecule has 0 bridgehead atoms. The normalized spacial score (nSPS) is 20.2. The lowest BCUT2D eigenvalue weighted by Gasteiger charge is -2.29. The predicted octanol–water partition coefficient (Wildman–Crippen LogP) is 1.80. The van der Waals surface area contributed by atoms with E-state index >= 15 is 0 Å². The first-order valence-electron chi connectivity index (χ1n) is 8.59. The van der Waals surface area contributed by atoms with Gasteiger partial charge in [0.15, 0.2) is 0 Å². The summed E-state index contributed by atoms with van der Waals surface area (Å²) in [5.74, 6) is -0.137. The largest absolute Gasteiger partial charge is 0.335 e. The van der Waals surface area contributed by atoms with E-state index in [0.29, 0.717) is 16.8 Å². The van der Waals surface area contributed by atoms with E-state index in [0.717, 1.165) is 19.3 Å². The number of amides is 3. The maximum Gasteiger partial charge on any atom is 0.321 e. The highest BCUT2D eigenvalue weighted by Crippen LogP contribution is 2.23. The lowest BCUT2D eigenvalue weighted by atomic mass is 9.86. The number of urea groups is 1. The Hall–Kier alpha value is -2.70. The Morgan fingerprint density at radius 2 is 2.00 bits per heavy atom. The minimum Gasteiger partial charge on any atom is -0.335 e. The standard InChI is InChI=1S/C18H22N4O3/c1-12-6-2-4-8-14(12)20-18(25)21-16(23)10-22-11-19-15-9-5-3-7-13(15)17(22)24/h3,5,7,9,11-12,14H,2,4,6,8,10H2,1H3,(H2,20,21,23,25). The van der Waals surface area contributed by atoms with Crippen LogP contribution in [0.5, 0.6) is 0 Å². The fourth-order valence-corrected chi connectivity index (χ4v) is 3.27. The molecule has 0 spiro atoms. The second kappa shape index (κ2) is 7.46. The van der Waals surface area contributed by atoms with Crippen LogP contribution in [0.4, 0.5) is 4.79 Å². The molecule has 0 aliphatic heterocycles. The van der Waals surface area contributed by atoms with Crippen LogP contribution in [0.25, 0.3) is 10.9 Å². The van der Waals surface area contributed by atoms with Gasteiger partial charge in [0, 0.05) is 6.04 Å². The third-order valence-electron chi connectivity index (χ3n) is 4.73. The smallest absolute Gasteiger partial charge is 0.321 e. The Balaban J connectivity index is 1.61. The molecule has 1 aromatic carbocycles. The van der Waals surface area contributed by atoms with Gasteiger partial charge in [-0.1, -0.05) is 31.9 Å². The van der Waals surface area contributed by atoms with Gasteiger partial charge in [-0.2, -0.15) is 0 Å². The van der Waals surface area contributed by atoms with Crippen LogP contribution >= 0.6 is 0 Å². The molecule has 1 fully saturated rings. The number of carbonyl (C=O) groups excluding carboxylic acids is 2. The van der Waals surface area contributed by atoms with Crippen molar-refractivity contribution in [2.24, 2.45) is 5.92 Å². The summed E-state index contributed by atoms with van der Waals surface area (Å²) in [6, 6.07) is 6.52. The highest BCUT2D eigenvalue weighted by molar-refractivity contribution is 5.94. The highest BCUT2D eigenvalue weighted by Gasteiger charge is 2.23. The van der Waals surface area contributed by atoms with Crippen molar-refractivity contribution in [1.29, 1.82) is 0 Å². The number of nitrogens with zero attached hydrogens (tertiary/aromatic N) is 2. The molecule has 1 heterocycles. The first kappa shape index (κ1) is 17.1. The topological polar surface area (TPSA) is 93.1 Å². The monoisotopic (exact) mass is 342 g/mol. The maximum atomic E-state index is 12.4. The molecule has 3 amide bonds. The Bertz CT molecular complexity index is 846. The molecule has 1 saturated carbocycles. The zero-order valence-corrected chi connectivity index (χ0v) is 14.2. The molecule has 2 atom stereocenters. The van der Waals surface area contributed by atoms with Crippen LogP contribution in [0.2, 0.25) is 0 Å². The molecule has 0 saturated heterocycles. The molecule has 7 heteroatoms. The predicted molar refractivity (Wildman–Crippen MR) is 94.1 cm³/mol. The molecule has 132 valence electrons. The van der Waals surface area contributed by atoms with Crippen molar-refractivity contribution in [2.45, 2.75) is 45.2 Å². The van der Waals surface area contributed by atoms with Gasteiger partial charge in [-0.25, -0.2) is 9.78 Å². The second-order valence-corrected chi connectivity index (χ2v) is 6.58. The first-order valence-corrected chi connectivity index (χ1v) is 8.59. The number of hydrogen-bond acceptors (Lipinski definition) is 4. The van der Waals surface area contributed by atoms with Gasteiger partial charge < -0.3 is 5.32 Å². The minimum absolute atomic E-state index is 0.0895. The number of aromatic nitrogens is 2. The van der Waals surface area contributed by atoms with Gasteiger partial charge in [0.2, 0.25) is 5.91 Å². The zero-order valence-electron chi connectivity index (χ0n) is 14.2. The number of nitrogens with one attached hydrogen (secondary N) is 2. The molecule has 1 aliphatic carbocycles. The average Bonchev–Trinajstić information content (AvgIpc) is 2.59. The number of carbonyl (C=O) groups is 2. The summed E-state index contributed by atoms with van der Waals surface area (Å²) in [5, 5.41) is 5.59. The Labute approximate surface area is 145 Å². The van der Waals surface area contributed by atoms with Crippen molar-refractivity contribution in [1.82, 2.24) is 20.2 Å². The third kappa shape index (κ3) is 4.04. The SMILES string of the molecule is CC1CCCCC1NC(=O)NC(=O)Cn1cnc2ccccc2c1=O. The molecular weight excluding hydrogens is 320 g/mol. The molecule has 7 nitrogen and oxygen atoms in total. The first-order chi connectivity index (χ1) is 12.0. The third-order valence-corrected chi connectivity index (χ3v) is 4.73. The average molecular weight is 342 g/mol. The van der Waals surface area contributed by atoms with Crippen molar-refractivity contribution in [3.8, 4) is 0 Å². The van der Waals surface area contributed by atoms with E-state index in [1.54, 1.807) is 24.3 Å². The van der Waals surface area contributed by atoms with Crippen LogP contribution in [-0.4, -0.2) is 27.5 Å². The molecule has 0 radical (unpaired) electrons. The number of benzene rings is 1. The highest BCUT2D eigenvalue weighted by atomic mass is 16.2. The Morgan fingerprint density at radius 1 is 1.24 bits per heavy atom. The van der Waals surface area contributed by atoms with Crippen LogP contribution in [0.15, 0.2) is 35.4 Å². The maximum absolute atomic E-state index is 12.4. The van der Waals surface area contributed by atoms with Gasteiger partial charge in [-0.05, 0) is 30.9 Å². The van der Waals surface area contributed by atoms with E-state index < -0.39 is 11.9 Å². The van der Waals surface area contributed by atoms with Gasteiger partial charge in [0.05, 0.1) is 17.2 Å². The fraction of sp³-hybridized carbons (Fsp3) is 0.444. The Kier molecular flexibility index (Phi) is 5.11. The van der Waals surface area contributed by atoms with E-state index in [-0.39, 0.29) is 18.1 Å². The molecule has 3 rings (SSSR count). The van der Waals surface area contributed by atoms with Gasteiger partial charge >= 0.3 is 6.03 Å². The minimum atomic E-state index is -0.542. The second-order valence-electron chi connectivity index (χ2n) is 6.58. The number of rotatable bonds is 3. The van der Waals surface area contributed by atoms with E-state index in [2.05, 4.69) is 22.5 Å². The summed E-state index contributed by atoms with van der Waals surface area (Å²) in [4.78, 5) is 40.6. The van der Waals surface area contributed by atoms with Gasteiger partial charge in [0.25, 0.3) is 5.56 Å². The van der Waals surface area contributed by atoms with Crippen molar-refractivity contribution in [3.63, 3.8) is 0 Å². The van der Waals surface area contributed by atoms with Crippen LogP contribution in [0, 0.1) is 5.92 Å². The van der Waals surface area contributed by atoms with E-state index in [9.17, 15) is 14.4 Å². The van der Waals surface area contributed by atoms with Crippen LogP contribution < -0.4 is 16.2 Å². The quantitative estimate of drug-likeness (QED) is 0.889.